The van der Waals surface area contributed by atoms with E-state index in [9.17, 15) is 4.79 Å². The third-order valence-electron chi connectivity index (χ3n) is 2.32. The minimum absolute atomic E-state index is 0.0201. The fourth-order valence-corrected chi connectivity index (χ4v) is 2.53. The highest BCUT2D eigenvalue weighted by Gasteiger charge is 2.07. The molecule has 0 atom stereocenters. The second-order valence-corrected chi connectivity index (χ2v) is 4.84. The predicted octanol–water partition coefficient (Wildman–Crippen LogP) is 2.28. The van der Waals surface area contributed by atoms with E-state index < -0.39 is 0 Å². The molecule has 0 radical (unpaired) electrons. The molecule has 0 saturated heterocycles. The molecule has 2 aromatic heterocycles. The first kappa shape index (κ1) is 13.0. The van der Waals surface area contributed by atoms with Crippen molar-refractivity contribution >= 4 is 44.9 Å². The largest absolute Gasteiger partial charge is 0.369 e. The molecule has 1 amide bonds. The fraction of sp³-hybridized carbons (Fsp3) is 0.364. The van der Waals surface area contributed by atoms with Gasteiger partial charge < -0.3 is 10.6 Å². The number of carbonyl (C=O) groups is 1. The van der Waals surface area contributed by atoms with Gasteiger partial charge in [0.05, 0.1) is 5.39 Å². The Morgan fingerprint density at radius 1 is 1.50 bits per heavy atom. The molecule has 2 N–H and O–H groups in total. The van der Waals surface area contributed by atoms with E-state index in [1.54, 1.807) is 0 Å². The maximum Gasteiger partial charge on any atom is 0.225 e. The Morgan fingerprint density at radius 3 is 3.11 bits per heavy atom. The number of anilines is 1. The van der Waals surface area contributed by atoms with Crippen LogP contribution in [0.5, 0.6) is 0 Å². The molecule has 5 nitrogen and oxygen atoms in total. The van der Waals surface area contributed by atoms with Crippen LogP contribution in [-0.2, 0) is 4.79 Å². The van der Waals surface area contributed by atoms with E-state index in [1.165, 1.54) is 11.3 Å². The summed E-state index contributed by atoms with van der Waals surface area (Å²) in [6.07, 6.45) is 0.404. The Hall–Kier alpha value is -1.40. The number of nitrogens with one attached hydrogen (secondary N) is 2. The minimum atomic E-state index is 0.0201. The van der Waals surface area contributed by atoms with E-state index >= 15 is 0 Å². The third kappa shape index (κ3) is 3.08. The van der Waals surface area contributed by atoms with Crippen molar-refractivity contribution in [2.24, 2.45) is 0 Å². The van der Waals surface area contributed by atoms with Crippen LogP contribution in [0.15, 0.2) is 11.4 Å². The fourth-order valence-electron chi connectivity index (χ4n) is 1.54. The van der Waals surface area contributed by atoms with E-state index in [0.29, 0.717) is 25.3 Å². The summed E-state index contributed by atoms with van der Waals surface area (Å²) in [5, 5.41) is 8.93. The Labute approximate surface area is 114 Å². The molecule has 0 aromatic carbocycles. The number of hydrogen-bond donors (Lipinski definition) is 2. The van der Waals surface area contributed by atoms with E-state index in [1.807, 2.05) is 18.4 Å². The van der Waals surface area contributed by atoms with Gasteiger partial charge in [-0.3, -0.25) is 4.79 Å². The smallest absolute Gasteiger partial charge is 0.225 e. The highest BCUT2D eigenvalue weighted by atomic mass is 35.5. The number of nitrogens with zero attached hydrogens (tertiary/aromatic N) is 2. The van der Waals surface area contributed by atoms with E-state index in [4.69, 9.17) is 11.6 Å². The third-order valence-corrected chi connectivity index (χ3v) is 3.29. The Balaban J connectivity index is 2.03. The van der Waals surface area contributed by atoms with Crippen LogP contribution < -0.4 is 10.6 Å². The van der Waals surface area contributed by atoms with Crippen molar-refractivity contribution in [3.8, 4) is 0 Å². The average Bonchev–Trinajstić information content (AvgIpc) is 2.77. The van der Waals surface area contributed by atoms with Crippen LogP contribution in [0.1, 0.15) is 13.3 Å². The van der Waals surface area contributed by atoms with Crippen LogP contribution in [0.25, 0.3) is 10.2 Å². The van der Waals surface area contributed by atoms with Gasteiger partial charge in [0.25, 0.3) is 0 Å². The van der Waals surface area contributed by atoms with E-state index in [-0.39, 0.29) is 11.2 Å². The Kier molecular flexibility index (Phi) is 4.33. The van der Waals surface area contributed by atoms with Gasteiger partial charge in [0, 0.05) is 19.5 Å². The van der Waals surface area contributed by atoms with Gasteiger partial charge in [0.15, 0.2) is 0 Å². The molecular weight excluding hydrogens is 272 g/mol. The molecule has 0 aliphatic rings. The van der Waals surface area contributed by atoms with Gasteiger partial charge in [-0.25, -0.2) is 9.97 Å². The van der Waals surface area contributed by atoms with Gasteiger partial charge in [-0.1, -0.05) is 0 Å². The first-order valence-corrected chi connectivity index (χ1v) is 6.87. The highest BCUT2D eigenvalue weighted by molar-refractivity contribution is 7.16. The summed E-state index contributed by atoms with van der Waals surface area (Å²) in [5.41, 5.74) is 0. The zero-order valence-corrected chi connectivity index (χ0v) is 11.4. The van der Waals surface area contributed by atoms with Gasteiger partial charge >= 0.3 is 0 Å². The second kappa shape index (κ2) is 5.97. The Bertz CT molecular complexity index is 557. The lowest BCUT2D eigenvalue weighted by atomic mass is 10.3. The number of amides is 1. The zero-order chi connectivity index (χ0) is 13.0. The van der Waals surface area contributed by atoms with Gasteiger partial charge in [-0.2, -0.15) is 0 Å². The lowest BCUT2D eigenvalue weighted by Crippen LogP contribution is -2.24. The first-order chi connectivity index (χ1) is 8.70. The van der Waals surface area contributed by atoms with Crippen molar-refractivity contribution in [3.05, 3.63) is 16.7 Å². The van der Waals surface area contributed by atoms with Gasteiger partial charge in [-0.05, 0) is 30.0 Å². The summed E-state index contributed by atoms with van der Waals surface area (Å²) in [6, 6.07) is 1.94. The minimum Gasteiger partial charge on any atom is -0.369 e. The normalized spacial score (nSPS) is 10.6. The predicted molar refractivity (Wildman–Crippen MR) is 74.2 cm³/mol. The number of aromatic nitrogens is 2. The number of hydrogen-bond acceptors (Lipinski definition) is 5. The number of fused-ring (bicyclic) bond motifs is 1. The second-order valence-electron chi connectivity index (χ2n) is 3.61. The van der Waals surface area contributed by atoms with Crippen molar-refractivity contribution in [1.82, 2.24) is 15.3 Å². The van der Waals surface area contributed by atoms with Crippen LogP contribution >= 0.6 is 22.9 Å². The molecular formula is C11H13ClN4OS. The van der Waals surface area contributed by atoms with Crippen molar-refractivity contribution in [3.63, 3.8) is 0 Å². The van der Waals surface area contributed by atoms with Crippen LogP contribution in [0, 0.1) is 0 Å². The molecule has 2 rings (SSSR count). The molecule has 2 aromatic rings. The molecule has 2 heterocycles. The summed E-state index contributed by atoms with van der Waals surface area (Å²) in [7, 11) is 0. The first-order valence-electron chi connectivity index (χ1n) is 5.62. The number of carbonyl (C=O) groups excluding carboxylic acids is 1. The van der Waals surface area contributed by atoms with Crippen molar-refractivity contribution in [1.29, 1.82) is 0 Å². The molecule has 0 saturated carbocycles. The SMILES string of the molecule is CCNC(=O)CCNc1nc(Cl)nc2sccc12. The van der Waals surface area contributed by atoms with Crippen LogP contribution in [0.3, 0.4) is 0 Å². The lowest BCUT2D eigenvalue weighted by Gasteiger charge is -2.06. The maximum absolute atomic E-state index is 11.3. The topological polar surface area (TPSA) is 66.9 Å². The van der Waals surface area contributed by atoms with Crippen molar-refractivity contribution in [2.75, 3.05) is 18.4 Å². The molecule has 0 aliphatic heterocycles. The molecule has 0 spiro atoms. The van der Waals surface area contributed by atoms with Crippen LogP contribution in [0.4, 0.5) is 5.82 Å². The number of rotatable bonds is 5. The van der Waals surface area contributed by atoms with Crippen molar-refractivity contribution < 1.29 is 4.79 Å². The zero-order valence-electron chi connectivity index (χ0n) is 9.86. The van der Waals surface area contributed by atoms with Crippen LogP contribution in [0.2, 0.25) is 5.28 Å². The van der Waals surface area contributed by atoms with Gasteiger partial charge in [-0.15, -0.1) is 11.3 Å². The van der Waals surface area contributed by atoms with E-state index in [0.717, 1.165) is 10.2 Å². The lowest BCUT2D eigenvalue weighted by molar-refractivity contribution is -0.120. The van der Waals surface area contributed by atoms with Gasteiger partial charge in [0.2, 0.25) is 11.2 Å². The van der Waals surface area contributed by atoms with E-state index in [2.05, 4.69) is 20.6 Å². The molecule has 96 valence electrons. The maximum atomic E-state index is 11.3. The molecule has 0 bridgehead atoms. The molecule has 0 aliphatic carbocycles. The quantitative estimate of drug-likeness (QED) is 0.827. The highest BCUT2D eigenvalue weighted by Crippen LogP contribution is 2.26. The van der Waals surface area contributed by atoms with Crippen molar-refractivity contribution in [2.45, 2.75) is 13.3 Å². The number of thiophene rings is 1. The monoisotopic (exact) mass is 284 g/mol. The summed E-state index contributed by atoms with van der Waals surface area (Å²) >= 11 is 7.35. The van der Waals surface area contributed by atoms with Gasteiger partial charge in [0.1, 0.15) is 10.6 Å². The molecule has 0 fully saturated rings. The average molecular weight is 285 g/mol. The van der Waals surface area contributed by atoms with Crippen LogP contribution in [-0.4, -0.2) is 29.0 Å². The molecule has 7 heteroatoms. The standard InChI is InChI=1S/C11H13ClN4OS/c1-2-13-8(17)3-5-14-9-7-4-6-18-10(7)16-11(12)15-9/h4,6H,2-3,5H2,1H3,(H,13,17)(H,14,15,16). The molecule has 18 heavy (non-hydrogen) atoms. The summed E-state index contributed by atoms with van der Waals surface area (Å²) in [6.45, 7) is 3.06. The molecule has 0 unspecified atom stereocenters. The summed E-state index contributed by atoms with van der Waals surface area (Å²) < 4.78 is 0. The summed E-state index contributed by atoms with van der Waals surface area (Å²) in [5.74, 6) is 0.697. The Morgan fingerprint density at radius 2 is 2.33 bits per heavy atom. The number of halogens is 1. The summed E-state index contributed by atoms with van der Waals surface area (Å²) in [4.78, 5) is 20.4.